The zero-order valence-corrected chi connectivity index (χ0v) is 11.5. The smallest absolute Gasteiger partial charge is 0.255 e. The van der Waals surface area contributed by atoms with Gasteiger partial charge in [0.25, 0.3) is 5.91 Å². The average Bonchev–Trinajstić information content (AvgIpc) is 2.41. The highest BCUT2D eigenvalue weighted by molar-refractivity contribution is 14.1. The Morgan fingerprint density at radius 1 is 1.17 bits per heavy atom. The lowest BCUT2D eigenvalue weighted by atomic mass is 10.1. The molecule has 3 nitrogen and oxygen atoms in total. The molecule has 1 amide bonds. The van der Waals surface area contributed by atoms with Gasteiger partial charge in [-0.2, -0.15) is 5.26 Å². The Hall–Kier alpha value is -1.87. The molecule has 1 N–H and O–H groups in total. The number of hydrogen-bond donors (Lipinski definition) is 1. The maximum absolute atomic E-state index is 11.9. The Morgan fingerprint density at radius 3 is 2.56 bits per heavy atom. The molecule has 2 rings (SSSR count). The Kier molecular flexibility index (Phi) is 3.95. The van der Waals surface area contributed by atoms with Crippen molar-refractivity contribution < 1.29 is 4.79 Å². The Morgan fingerprint density at radius 2 is 1.89 bits per heavy atom. The third kappa shape index (κ3) is 3.08. The molecule has 2 aromatic carbocycles. The SMILES string of the molecule is N#Cc1cccc(C(=O)Nc2ccc(I)cc2)c1. The molecule has 0 unspecified atom stereocenters. The molecule has 0 aliphatic carbocycles. The minimum atomic E-state index is -0.215. The van der Waals surface area contributed by atoms with Gasteiger partial charge in [-0.25, -0.2) is 0 Å². The van der Waals surface area contributed by atoms with Gasteiger partial charge in [0.05, 0.1) is 11.6 Å². The van der Waals surface area contributed by atoms with Crippen LogP contribution in [0.1, 0.15) is 15.9 Å². The van der Waals surface area contributed by atoms with Crippen molar-refractivity contribution in [2.75, 3.05) is 5.32 Å². The summed E-state index contributed by atoms with van der Waals surface area (Å²) < 4.78 is 1.11. The first-order valence-corrected chi connectivity index (χ1v) is 6.34. The number of carbonyl (C=O) groups is 1. The van der Waals surface area contributed by atoms with Gasteiger partial charge in [-0.15, -0.1) is 0 Å². The van der Waals surface area contributed by atoms with Gasteiger partial charge in [0, 0.05) is 14.8 Å². The standard InChI is InChI=1S/C14H9IN2O/c15-12-4-6-13(7-5-12)17-14(18)11-3-1-2-10(8-11)9-16/h1-8H,(H,17,18). The van der Waals surface area contributed by atoms with Crippen LogP contribution in [-0.4, -0.2) is 5.91 Å². The van der Waals surface area contributed by atoms with Crippen molar-refractivity contribution in [3.63, 3.8) is 0 Å². The van der Waals surface area contributed by atoms with Crippen LogP contribution in [0.25, 0.3) is 0 Å². The first kappa shape index (κ1) is 12.6. The molecular weight excluding hydrogens is 339 g/mol. The summed E-state index contributed by atoms with van der Waals surface area (Å²) in [7, 11) is 0. The molecule has 0 aromatic heterocycles. The molecule has 0 atom stereocenters. The number of nitrogens with one attached hydrogen (secondary N) is 1. The van der Waals surface area contributed by atoms with Gasteiger partial charge >= 0.3 is 0 Å². The van der Waals surface area contributed by atoms with Crippen LogP contribution in [0.5, 0.6) is 0 Å². The number of halogens is 1. The molecule has 2 aromatic rings. The van der Waals surface area contributed by atoms with E-state index in [1.165, 1.54) is 0 Å². The van der Waals surface area contributed by atoms with E-state index in [-0.39, 0.29) is 5.91 Å². The van der Waals surface area contributed by atoms with Crippen LogP contribution < -0.4 is 5.32 Å². The van der Waals surface area contributed by atoms with E-state index in [2.05, 4.69) is 27.9 Å². The summed E-state index contributed by atoms with van der Waals surface area (Å²) >= 11 is 2.20. The predicted molar refractivity (Wildman–Crippen MR) is 78.3 cm³/mol. The van der Waals surface area contributed by atoms with Gasteiger partial charge in [0.15, 0.2) is 0 Å². The van der Waals surface area contributed by atoms with Crippen LogP contribution in [0.3, 0.4) is 0 Å². The summed E-state index contributed by atoms with van der Waals surface area (Å²) in [4.78, 5) is 11.9. The van der Waals surface area contributed by atoms with E-state index in [1.54, 1.807) is 24.3 Å². The number of anilines is 1. The molecule has 0 heterocycles. The number of hydrogen-bond acceptors (Lipinski definition) is 2. The molecule has 0 spiro atoms. The van der Waals surface area contributed by atoms with Gasteiger partial charge in [0.1, 0.15) is 0 Å². The highest BCUT2D eigenvalue weighted by Gasteiger charge is 2.06. The molecule has 88 valence electrons. The number of amides is 1. The van der Waals surface area contributed by atoms with Crippen molar-refractivity contribution in [1.29, 1.82) is 5.26 Å². The highest BCUT2D eigenvalue weighted by Crippen LogP contribution is 2.13. The second kappa shape index (κ2) is 5.65. The Balaban J connectivity index is 2.17. The summed E-state index contributed by atoms with van der Waals surface area (Å²) in [5.74, 6) is -0.215. The molecule has 0 radical (unpaired) electrons. The maximum atomic E-state index is 11.9. The lowest BCUT2D eigenvalue weighted by Crippen LogP contribution is -2.11. The van der Waals surface area contributed by atoms with Gasteiger partial charge in [-0.3, -0.25) is 4.79 Å². The van der Waals surface area contributed by atoms with Crippen LogP contribution in [0.15, 0.2) is 48.5 Å². The highest BCUT2D eigenvalue weighted by atomic mass is 127. The van der Waals surface area contributed by atoms with Crippen LogP contribution in [0, 0.1) is 14.9 Å². The van der Waals surface area contributed by atoms with E-state index >= 15 is 0 Å². The van der Waals surface area contributed by atoms with E-state index in [0.717, 1.165) is 9.26 Å². The third-order valence-electron chi connectivity index (χ3n) is 2.36. The Bertz CT molecular complexity index is 614. The largest absolute Gasteiger partial charge is 0.322 e. The summed E-state index contributed by atoms with van der Waals surface area (Å²) in [6.45, 7) is 0. The zero-order valence-electron chi connectivity index (χ0n) is 9.35. The molecule has 0 saturated heterocycles. The summed E-state index contributed by atoms with van der Waals surface area (Å²) in [5.41, 5.74) is 1.70. The summed E-state index contributed by atoms with van der Waals surface area (Å²) in [5, 5.41) is 11.6. The van der Waals surface area contributed by atoms with Crippen molar-refractivity contribution in [1.82, 2.24) is 0 Å². The normalized spacial score (nSPS) is 9.56. The summed E-state index contributed by atoms with van der Waals surface area (Å²) in [6.07, 6.45) is 0. The minimum absolute atomic E-state index is 0.215. The topological polar surface area (TPSA) is 52.9 Å². The molecule has 0 aliphatic rings. The fraction of sp³-hybridized carbons (Fsp3) is 0. The number of carbonyl (C=O) groups excluding carboxylic acids is 1. The molecular formula is C14H9IN2O. The van der Waals surface area contributed by atoms with E-state index in [0.29, 0.717) is 11.1 Å². The van der Waals surface area contributed by atoms with Crippen molar-refractivity contribution in [2.24, 2.45) is 0 Å². The Labute approximate surface area is 119 Å². The van der Waals surface area contributed by atoms with Crippen molar-refractivity contribution in [3.8, 4) is 6.07 Å². The average molecular weight is 348 g/mol. The molecule has 0 aliphatic heterocycles. The number of benzene rings is 2. The quantitative estimate of drug-likeness (QED) is 0.846. The van der Waals surface area contributed by atoms with Crippen molar-refractivity contribution >= 4 is 34.2 Å². The van der Waals surface area contributed by atoms with E-state index in [4.69, 9.17) is 5.26 Å². The van der Waals surface area contributed by atoms with E-state index in [9.17, 15) is 4.79 Å². The van der Waals surface area contributed by atoms with E-state index < -0.39 is 0 Å². The van der Waals surface area contributed by atoms with Gasteiger partial charge < -0.3 is 5.32 Å². The molecule has 0 fully saturated rings. The molecule has 4 heteroatoms. The fourth-order valence-electron chi connectivity index (χ4n) is 1.47. The van der Waals surface area contributed by atoms with Gasteiger partial charge in [-0.1, -0.05) is 6.07 Å². The van der Waals surface area contributed by atoms with Crippen LogP contribution >= 0.6 is 22.6 Å². The first-order valence-electron chi connectivity index (χ1n) is 5.26. The van der Waals surface area contributed by atoms with Crippen LogP contribution in [-0.2, 0) is 0 Å². The first-order chi connectivity index (χ1) is 8.69. The number of rotatable bonds is 2. The number of nitrogens with zero attached hydrogens (tertiary/aromatic N) is 1. The second-order valence-electron chi connectivity index (χ2n) is 3.65. The molecule has 0 bridgehead atoms. The predicted octanol–water partition coefficient (Wildman–Crippen LogP) is 3.42. The van der Waals surface area contributed by atoms with Crippen LogP contribution in [0.2, 0.25) is 0 Å². The summed E-state index contributed by atoms with van der Waals surface area (Å²) in [6, 6.07) is 16.2. The van der Waals surface area contributed by atoms with Crippen LogP contribution in [0.4, 0.5) is 5.69 Å². The van der Waals surface area contributed by atoms with Gasteiger partial charge in [0.2, 0.25) is 0 Å². The molecule has 0 saturated carbocycles. The molecule has 18 heavy (non-hydrogen) atoms. The lowest BCUT2D eigenvalue weighted by Gasteiger charge is -2.05. The minimum Gasteiger partial charge on any atom is -0.322 e. The van der Waals surface area contributed by atoms with E-state index in [1.807, 2.05) is 30.3 Å². The number of nitriles is 1. The van der Waals surface area contributed by atoms with Crippen molar-refractivity contribution in [2.45, 2.75) is 0 Å². The lowest BCUT2D eigenvalue weighted by molar-refractivity contribution is 0.102. The van der Waals surface area contributed by atoms with Gasteiger partial charge in [-0.05, 0) is 65.1 Å². The maximum Gasteiger partial charge on any atom is 0.255 e. The second-order valence-corrected chi connectivity index (χ2v) is 4.90. The van der Waals surface area contributed by atoms with Crippen molar-refractivity contribution in [3.05, 3.63) is 63.2 Å². The zero-order chi connectivity index (χ0) is 13.0. The monoisotopic (exact) mass is 348 g/mol. The third-order valence-corrected chi connectivity index (χ3v) is 3.08. The fourth-order valence-corrected chi connectivity index (χ4v) is 1.83.